The molecule has 3 N–H and O–H groups in total. The fourth-order valence-corrected chi connectivity index (χ4v) is 4.99. The number of nitrogens with two attached hydrogens (primary N) is 1. The average molecular weight is 416 g/mol. The number of hydrogen-bond acceptors (Lipinski definition) is 5. The fourth-order valence-electron chi connectivity index (χ4n) is 3.56. The molecule has 1 fully saturated rings. The van der Waals surface area contributed by atoms with Crippen molar-refractivity contribution < 1.29 is 4.79 Å². The summed E-state index contributed by atoms with van der Waals surface area (Å²) in [5, 5.41) is 11.0. The van der Waals surface area contributed by atoms with Crippen molar-refractivity contribution in [2.75, 3.05) is 6.54 Å². The Kier molecular flexibility index (Phi) is 6.55. The van der Waals surface area contributed by atoms with E-state index in [1.807, 2.05) is 0 Å². The van der Waals surface area contributed by atoms with Gasteiger partial charge >= 0.3 is 0 Å². The Hall–Kier alpha value is -1.15. The minimum absolute atomic E-state index is 0.0168. The molecular weight excluding hydrogens is 393 g/mol. The van der Waals surface area contributed by atoms with Gasteiger partial charge in [-0.2, -0.15) is 0 Å². The summed E-state index contributed by atoms with van der Waals surface area (Å²) in [5.41, 5.74) is 7.16. The normalized spacial score (nSPS) is 16.6. The van der Waals surface area contributed by atoms with Crippen molar-refractivity contribution in [3.63, 3.8) is 0 Å². The third kappa shape index (κ3) is 4.39. The second-order valence-corrected chi connectivity index (χ2v) is 8.81. The first-order valence-corrected chi connectivity index (χ1v) is 10.4. The molecule has 0 radical (unpaired) electrons. The number of nitrogens with zero attached hydrogens (tertiary/aromatic N) is 3. The predicted octanol–water partition coefficient (Wildman–Crippen LogP) is 3.88. The minimum atomic E-state index is -0.152. The molecule has 0 aliphatic heterocycles. The Morgan fingerprint density at radius 1 is 1.42 bits per heavy atom. The molecule has 6 nitrogen and oxygen atoms in total. The predicted molar refractivity (Wildman–Crippen MR) is 106 cm³/mol. The second kappa shape index (κ2) is 8.69. The van der Waals surface area contributed by atoms with E-state index in [2.05, 4.69) is 15.6 Å². The van der Waals surface area contributed by atoms with E-state index in [9.17, 15) is 4.79 Å². The van der Waals surface area contributed by atoms with Crippen LogP contribution in [0.15, 0.2) is 6.07 Å². The van der Waals surface area contributed by atoms with Gasteiger partial charge in [0.2, 0.25) is 0 Å². The summed E-state index contributed by atoms with van der Waals surface area (Å²) in [5.74, 6) is 0.500. The zero-order valence-electron chi connectivity index (χ0n) is 14.7. The standard InChI is InChI=1S/C17H23Cl2N5OS/c1-24-14(15(18)22-23-24)12-8-13(26-16(12)19)17(25)21-11(9-20)7-10-5-3-2-4-6-10/h8,10-11H,2-7,9,20H2,1H3,(H,21,25)/t11-/m0/s1. The van der Waals surface area contributed by atoms with E-state index >= 15 is 0 Å². The highest BCUT2D eigenvalue weighted by atomic mass is 35.5. The molecule has 0 spiro atoms. The first kappa shape index (κ1) is 19.6. The Labute approximate surface area is 167 Å². The third-order valence-corrected chi connectivity index (χ3v) is 6.53. The number of carbonyl (C=O) groups is 1. The quantitative estimate of drug-likeness (QED) is 0.749. The SMILES string of the molecule is Cn1nnc(Cl)c1-c1cc(C(=O)N[C@H](CN)CC2CCCCC2)sc1Cl. The maximum Gasteiger partial charge on any atom is 0.261 e. The molecule has 1 aliphatic rings. The molecule has 0 saturated heterocycles. The highest BCUT2D eigenvalue weighted by Gasteiger charge is 2.23. The molecule has 1 aliphatic carbocycles. The van der Waals surface area contributed by atoms with Crippen LogP contribution in [0.4, 0.5) is 0 Å². The molecule has 0 unspecified atom stereocenters. The summed E-state index contributed by atoms with van der Waals surface area (Å²) in [4.78, 5) is 13.2. The topological polar surface area (TPSA) is 85.8 Å². The fraction of sp³-hybridized carbons (Fsp3) is 0.588. The van der Waals surface area contributed by atoms with Crippen molar-refractivity contribution in [3.05, 3.63) is 20.4 Å². The lowest BCUT2D eigenvalue weighted by molar-refractivity contribution is 0.0934. The molecule has 0 aromatic carbocycles. The number of thiophene rings is 1. The van der Waals surface area contributed by atoms with Gasteiger partial charge in [-0.1, -0.05) is 60.5 Å². The van der Waals surface area contributed by atoms with Gasteiger partial charge in [0.25, 0.3) is 5.91 Å². The van der Waals surface area contributed by atoms with Crippen LogP contribution in [-0.2, 0) is 7.05 Å². The monoisotopic (exact) mass is 415 g/mol. The first-order valence-electron chi connectivity index (χ1n) is 8.85. The molecule has 0 bridgehead atoms. The van der Waals surface area contributed by atoms with Crippen LogP contribution in [0.3, 0.4) is 0 Å². The lowest BCUT2D eigenvalue weighted by atomic mass is 9.85. The second-order valence-electron chi connectivity index (χ2n) is 6.80. The molecule has 1 saturated carbocycles. The van der Waals surface area contributed by atoms with Gasteiger partial charge in [-0.05, 0) is 18.4 Å². The molecule has 26 heavy (non-hydrogen) atoms. The summed E-state index contributed by atoms with van der Waals surface area (Å²) < 4.78 is 2.03. The van der Waals surface area contributed by atoms with Crippen molar-refractivity contribution in [3.8, 4) is 11.3 Å². The molecule has 142 valence electrons. The van der Waals surface area contributed by atoms with E-state index in [0.29, 0.717) is 32.9 Å². The minimum Gasteiger partial charge on any atom is -0.347 e. The van der Waals surface area contributed by atoms with Gasteiger partial charge in [0, 0.05) is 25.2 Å². The van der Waals surface area contributed by atoms with Crippen molar-refractivity contribution in [1.82, 2.24) is 20.3 Å². The molecule has 2 heterocycles. The van der Waals surface area contributed by atoms with E-state index in [4.69, 9.17) is 28.9 Å². The van der Waals surface area contributed by atoms with Crippen molar-refractivity contribution in [2.45, 2.75) is 44.6 Å². The van der Waals surface area contributed by atoms with Gasteiger partial charge in [-0.15, -0.1) is 16.4 Å². The van der Waals surface area contributed by atoms with Crippen LogP contribution >= 0.6 is 34.5 Å². The Bertz CT molecular complexity index is 750. The zero-order chi connectivity index (χ0) is 18.7. The Balaban J connectivity index is 1.70. The smallest absolute Gasteiger partial charge is 0.261 e. The molecule has 9 heteroatoms. The molecule has 1 atom stereocenters. The van der Waals surface area contributed by atoms with Crippen LogP contribution in [0.1, 0.15) is 48.2 Å². The van der Waals surface area contributed by atoms with Crippen molar-refractivity contribution in [1.29, 1.82) is 0 Å². The number of rotatable bonds is 6. The van der Waals surface area contributed by atoms with Gasteiger partial charge < -0.3 is 11.1 Å². The largest absolute Gasteiger partial charge is 0.347 e. The van der Waals surface area contributed by atoms with Gasteiger partial charge in [0.1, 0.15) is 10.0 Å². The third-order valence-electron chi connectivity index (χ3n) is 4.91. The van der Waals surface area contributed by atoms with Crippen LogP contribution in [0.5, 0.6) is 0 Å². The molecular formula is C17H23Cl2N5OS. The number of amides is 1. The lowest BCUT2D eigenvalue weighted by Gasteiger charge is -2.26. The molecule has 2 aromatic rings. The Morgan fingerprint density at radius 2 is 2.15 bits per heavy atom. The molecule has 2 aromatic heterocycles. The van der Waals surface area contributed by atoms with Gasteiger partial charge in [0.15, 0.2) is 5.15 Å². The number of nitrogens with one attached hydrogen (secondary N) is 1. The van der Waals surface area contributed by atoms with Gasteiger partial charge in [-0.3, -0.25) is 4.79 Å². The van der Waals surface area contributed by atoms with E-state index in [1.54, 1.807) is 17.8 Å². The summed E-state index contributed by atoms with van der Waals surface area (Å²) in [7, 11) is 1.73. The van der Waals surface area contributed by atoms with Crippen LogP contribution in [0.2, 0.25) is 9.49 Å². The average Bonchev–Trinajstić information content (AvgIpc) is 3.17. The highest BCUT2D eigenvalue weighted by molar-refractivity contribution is 7.18. The van der Waals surface area contributed by atoms with Crippen LogP contribution < -0.4 is 11.1 Å². The number of hydrogen-bond donors (Lipinski definition) is 2. The zero-order valence-corrected chi connectivity index (χ0v) is 17.0. The van der Waals surface area contributed by atoms with Crippen molar-refractivity contribution in [2.24, 2.45) is 18.7 Å². The van der Waals surface area contributed by atoms with Gasteiger partial charge in [-0.25, -0.2) is 4.68 Å². The van der Waals surface area contributed by atoms with Crippen molar-refractivity contribution >= 4 is 40.4 Å². The maximum absolute atomic E-state index is 12.7. The van der Waals surface area contributed by atoms with Crippen LogP contribution in [-0.4, -0.2) is 33.5 Å². The molecule has 3 rings (SSSR count). The lowest BCUT2D eigenvalue weighted by Crippen LogP contribution is -2.41. The Morgan fingerprint density at radius 3 is 2.77 bits per heavy atom. The maximum atomic E-state index is 12.7. The number of aryl methyl sites for hydroxylation is 1. The summed E-state index contributed by atoms with van der Waals surface area (Å²) in [6.07, 6.45) is 7.27. The number of halogens is 2. The summed E-state index contributed by atoms with van der Waals surface area (Å²) in [6, 6.07) is 1.72. The van der Waals surface area contributed by atoms with E-state index in [1.165, 1.54) is 43.4 Å². The number of aromatic nitrogens is 3. The van der Waals surface area contributed by atoms with E-state index in [-0.39, 0.29) is 17.1 Å². The highest BCUT2D eigenvalue weighted by Crippen LogP contribution is 2.38. The van der Waals surface area contributed by atoms with E-state index in [0.717, 1.165) is 6.42 Å². The summed E-state index contributed by atoms with van der Waals surface area (Å²) >= 11 is 13.6. The van der Waals surface area contributed by atoms with Crippen LogP contribution in [0, 0.1) is 5.92 Å². The van der Waals surface area contributed by atoms with Crippen LogP contribution in [0.25, 0.3) is 11.3 Å². The van der Waals surface area contributed by atoms with Gasteiger partial charge in [0.05, 0.1) is 4.88 Å². The van der Waals surface area contributed by atoms with E-state index < -0.39 is 0 Å². The first-order chi connectivity index (χ1) is 12.5. The summed E-state index contributed by atoms with van der Waals surface area (Å²) in [6.45, 7) is 0.436. The number of carbonyl (C=O) groups excluding carboxylic acids is 1. The molecule has 1 amide bonds.